The van der Waals surface area contributed by atoms with E-state index >= 15 is 0 Å². The number of nitrogens with zero attached hydrogens (tertiary/aromatic N) is 1. The number of sulfonamides is 1. The lowest BCUT2D eigenvalue weighted by Gasteiger charge is -2.20. The molecule has 0 spiro atoms. The quantitative estimate of drug-likeness (QED) is 0.840. The fourth-order valence-electron chi connectivity index (χ4n) is 1.70. The van der Waals surface area contributed by atoms with Crippen molar-refractivity contribution in [2.24, 2.45) is 0 Å². The average molecular weight is 386 g/mol. The third-order valence-corrected chi connectivity index (χ3v) is 5.62. The van der Waals surface area contributed by atoms with Gasteiger partial charge in [-0.05, 0) is 51.1 Å². The number of hydrogen-bond donors (Lipinski definition) is 2. The second kappa shape index (κ2) is 6.97. The molecule has 0 saturated carbocycles. The van der Waals surface area contributed by atoms with Crippen LogP contribution in [0.2, 0.25) is 5.02 Å². The predicted octanol–water partition coefficient (Wildman–Crippen LogP) is 3.67. The minimum absolute atomic E-state index is 0.0275. The molecule has 2 N–H and O–H groups in total. The SMILES string of the molecule is CC(C)(C)S(=O)(=O)Nc1cc(C(=O)Nc2ccc(F)c(Cl)c2)ccn1. The van der Waals surface area contributed by atoms with Gasteiger partial charge < -0.3 is 5.32 Å². The summed E-state index contributed by atoms with van der Waals surface area (Å²) in [6, 6.07) is 6.51. The van der Waals surface area contributed by atoms with Crippen molar-refractivity contribution in [2.75, 3.05) is 10.0 Å². The summed E-state index contributed by atoms with van der Waals surface area (Å²) in [6.07, 6.45) is 1.31. The van der Waals surface area contributed by atoms with Gasteiger partial charge in [0, 0.05) is 17.4 Å². The Morgan fingerprint density at radius 2 is 1.88 bits per heavy atom. The highest BCUT2D eigenvalue weighted by atomic mass is 35.5. The summed E-state index contributed by atoms with van der Waals surface area (Å²) >= 11 is 5.67. The number of benzene rings is 1. The van der Waals surface area contributed by atoms with Crippen molar-refractivity contribution < 1.29 is 17.6 Å². The molecule has 1 amide bonds. The molecule has 0 unspecified atom stereocenters. The minimum atomic E-state index is -3.67. The molecule has 1 aromatic carbocycles. The molecule has 0 aliphatic rings. The molecule has 1 heterocycles. The van der Waals surface area contributed by atoms with Gasteiger partial charge in [-0.25, -0.2) is 17.8 Å². The molecule has 25 heavy (non-hydrogen) atoms. The number of carbonyl (C=O) groups excluding carboxylic acids is 1. The molecule has 0 saturated heterocycles. The van der Waals surface area contributed by atoms with E-state index in [2.05, 4.69) is 15.0 Å². The number of anilines is 2. The van der Waals surface area contributed by atoms with Gasteiger partial charge in [-0.15, -0.1) is 0 Å². The Morgan fingerprint density at radius 1 is 1.20 bits per heavy atom. The second-order valence-corrected chi connectivity index (χ2v) is 9.07. The molecule has 0 atom stereocenters. The minimum Gasteiger partial charge on any atom is -0.322 e. The maximum absolute atomic E-state index is 13.1. The largest absolute Gasteiger partial charge is 0.322 e. The van der Waals surface area contributed by atoms with E-state index in [0.717, 1.165) is 6.07 Å². The van der Waals surface area contributed by atoms with Gasteiger partial charge in [0.15, 0.2) is 0 Å². The topological polar surface area (TPSA) is 88.2 Å². The lowest BCUT2D eigenvalue weighted by Crippen LogP contribution is -2.34. The second-order valence-electron chi connectivity index (χ2n) is 6.23. The van der Waals surface area contributed by atoms with E-state index in [1.165, 1.54) is 30.5 Å². The first-order valence-electron chi connectivity index (χ1n) is 7.24. The van der Waals surface area contributed by atoms with E-state index in [0.29, 0.717) is 5.69 Å². The maximum atomic E-state index is 13.1. The third kappa shape index (κ3) is 4.67. The van der Waals surface area contributed by atoms with E-state index in [4.69, 9.17) is 11.6 Å². The summed E-state index contributed by atoms with van der Waals surface area (Å²) in [5.41, 5.74) is 0.493. The van der Waals surface area contributed by atoms with E-state index in [9.17, 15) is 17.6 Å². The van der Waals surface area contributed by atoms with Crippen LogP contribution in [-0.4, -0.2) is 24.1 Å². The van der Waals surface area contributed by atoms with Gasteiger partial charge in [-0.2, -0.15) is 0 Å². The Kier molecular flexibility index (Phi) is 5.34. The molecule has 134 valence electrons. The van der Waals surface area contributed by atoms with Crippen LogP contribution in [0.25, 0.3) is 0 Å². The molecule has 6 nitrogen and oxygen atoms in total. The first-order chi connectivity index (χ1) is 11.5. The highest BCUT2D eigenvalue weighted by molar-refractivity contribution is 7.94. The zero-order valence-corrected chi connectivity index (χ0v) is 15.4. The molecule has 0 radical (unpaired) electrons. The van der Waals surface area contributed by atoms with E-state index in [-0.39, 0.29) is 16.4 Å². The number of amides is 1. The number of rotatable bonds is 4. The van der Waals surface area contributed by atoms with E-state index < -0.39 is 26.5 Å². The predicted molar refractivity (Wildman–Crippen MR) is 95.9 cm³/mol. The van der Waals surface area contributed by atoms with Crippen molar-refractivity contribution >= 4 is 39.0 Å². The summed E-state index contributed by atoms with van der Waals surface area (Å²) in [5, 5.41) is 2.43. The average Bonchev–Trinajstić information content (AvgIpc) is 2.49. The fraction of sp³-hybridized carbons (Fsp3) is 0.250. The standard InChI is InChI=1S/C16H17ClFN3O3S/c1-16(2,3)25(23,24)21-14-8-10(6-7-19-14)15(22)20-11-4-5-13(18)12(17)9-11/h4-9H,1-3H3,(H,19,21)(H,20,22). The van der Waals surface area contributed by atoms with Crippen LogP contribution in [-0.2, 0) is 10.0 Å². The van der Waals surface area contributed by atoms with Crippen molar-refractivity contribution in [3.05, 3.63) is 52.9 Å². The number of aromatic nitrogens is 1. The van der Waals surface area contributed by atoms with Crippen LogP contribution in [0.4, 0.5) is 15.9 Å². The van der Waals surface area contributed by atoms with Crippen LogP contribution in [0.5, 0.6) is 0 Å². The van der Waals surface area contributed by atoms with Gasteiger partial charge in [-0.1, -0.05) is 11.6 Å². The first kappa shape index (κ1) is 19.1. The molecule has 2 rings (SSSR count). The van der Waals surface area contributed by atoms with Gasteiger partial charge in [0.05, 0.1) is 9.77 Å². The molecule has 0 fully saturated rings. The Morgan fingerprint density at radius 3 is 2.48 bits per heavy atom. The zero-order chi connectivity index (χ0) is 18.8. The number of carbonyl (C=O) groups is 1. The summed E-state index contributed by atoms with van der Waals surface area (Å²) < 4.78 is 38.8. The van der Waals surface area contributed by atoms with Crippen molar-refractivity contribution in [3.8, 4) is 0 Å². The Labute approximate surface area is 150 Å². The lowest BCUT2D eigenvalue weighted by atomic mass is 10.2. The Hall–Kier alpha value is -2.19. The van der Waals surface area contributed by atoms with Crippen molar-refractivity contribution in [2.45, 2.75) is 25.5 Å². The molecular formula is C16H17ClFN3O3S. The monoisotopic (exact) mass is 385 g/mol. The molecule has 0 bridgehead atoms. The number of pyridine rings is 1. The number of nitrogens with one attached hydrogen (secondary N) is 2. The van der Waals surface area contributed by atoms with Crippen LogP contribution in [0.1, 0.15) is 31.1 Å². The van der Waals surface area contributed by atoms with Gasteiger partial charge >= 0.3 is 0 Å². The van der Waals surface area contributed by atoms with Crippen molar-refractivity contribution in [1.82, 2.24) is 4.98 Å². The Balaban J connectivity index is 2.20. The van der Waals surface area contributed by atoms with E-state index in [1.54, 1.807) is 20.8 Å². The van der Waals surface area contributed by atoms with E-state index in [1.807, 2.05) is 0 Å². The van der Waals surface area contributed by atoms with Crippen LogP contribution in [0.15, 0.2) is 36.5 Å². The number of halogens is 2. The summed E-state index contributed by atoms with van der Waals surface area (Å²) in [6.45, 7) is 4.64. The maximum Gasteiger partial charge on any atom is 0.255 e. The summed E-state index contributed by atoms with van der Waals surface area (Å²) in [7, 11) is -3.67. The summed E-state index contributed by atoms with van der Waals surface area (Å²) in [5.74, 6) is -1.08. The molecule has 2 aromatic rings. The molecule has 0 aliphatic heterocycles. The smallest absolute Gasteiger partial charge is 0.255 e. The van der Waals surface area contributed by atoms with Crippen molar-refractivity contribution in [3.63, 3.8) is 0 Å². The fourth-order valence-corrected chi connectivity index (χ4v) is 2.57. The van der Waals surface area contributed by atoms with Gasteiger partial charge in [-0.3, -0.25) is 9.52 Å². The third-order valence-electron chi connectivity index (χ3n) is 3.24. The van der Waals surface area contributed by atoms with Crippen LogP contribution in [0, 0.1) is 5.82 Å². The normalized spacial score (nSPS) is 11.9. The van der Waals surface area contributed by atoms with Crippen molar-refractivity contribution in [1.29, 1.82) is 0 Å². The summed E-state index contributed by atoms with van der Waals surface area (Å²) in [4.78, 5) is 16.2. The molecular weight excluding hydrogens is 369 g/mol. The molecule has 1 aromatic heterocycles. The number of hydrogen-bond acceptors (Lipinski definition) is 4. The molecule has 9 heteroatoms. The highest BCUT2D eigenvalue weighted by Crippen LogP contribution is 2.21. The van der Waals surface area contributed by atoms with Gasteiger partial charge in [0.1, 0.15) is 11.6 Å². The Bertz CT molecular complexity index is 911. The lowest BCUT2D eigenvalue weighted by molar-refractivity contribution is 0.102. The zero-order valence-electron chi connectivity index (χ0n) is 13.8. The molecule has 0 aliphatic carbocycles. The van der Waals surface area contributed by atoms with Gasteiger partial charge in [0.25, 0.3) is 5.91 Å². The van der Waals surface area contributed by atoms with Gasteiger partial charge in [0.2, 0.25) is 10.0 Å². The first-order valence-corrected chi connectivity index (χ1v) is 9.10. The van der Waals surface area contributed by atoms with Crippen LogP contribution < -0.4 is 10.0 Å². The van der Waals surface area contributed by atoms with Crippen LogP contribution in [0.3, 0.4) is 0 Å². The van der Waals surface area contributed by atoms with Crippen LogP contribution >= 0.6 is 11.6 Å². The highest BCUT2D eigenvalue weighted by Gasteiger charge is 2.29.